The van der Waals surface area contributed by atoms with Crippen LogP contribution in [-0.2, 0) is 4.79 Å². The molecule has 0 saturated carbocycles. The van der Waals surface area contributed by atoms with Gasteiger partial charge in [0.2, 0.25) is 11.7 Å². The summed E-state index contributed by atoms with van der Waals surface area (Å²) in [4.78, 5) is 22.2. The number of likely N-dealkylation sites (tertiary alicyclic amines) is 1. The van der Waals surface area contributed by atoms with Gasteiger partial charge in [-0.25, -0.2) is 0 Å². The molecule has 0 atom stereocenters. The molecule has 3 aromatic rings. The van der Waals surface area contributed by atoms with Crippen molar-refractivity contribution in [1.82, 2.24) is 20.0 Å². The first-order chi connectivity index (χ1) is 13.6. The summed E-state index contributed by atoms with van der Waals surface area (Å²) in [5.74, 6) is 2.32. The lowest BCUT2D eigenvalue weighted by Gasteiger charge is -2.39. The van der Waals surface area contributed by atoms with Gasteiger partial charge in [-0.2, -0.15) is 4.98 Å². The molecule has 0 radical (unpaired) electrons. The van der Waals surface area contributed by atoms with E-state index in [1.54, 1.807) is 12.4 Å². The summed E-state index contributed by atoms with van der Waals surface area (Å²) in [6.45, 7) is 5.40. The van der Waals surface area contributed by atoms with E-state index in [4.69, 9.17) is 9.26 Å². The number of carbonyl (C=O) groups is 1. The molecule has 7 nitrogen and oxygen atoms in total. The van der Waals surface area contributed by atoms with Crippen molar-refractivity contribution in [3.63, 3.8) is 0 Å². The molecule has 0 N–H and O–H groups in total. The standard InChI is InChI=1S/C21H22N4O3/c1-14(2)11-19(26)25-12-18(13-25)27-17-5-3-15(4-6-17)20-23-21(28-24-20)16-7-9-22-10-8-16/h3-10,14,18H,11-13H2,1-2H3. The molecule has 0 bridgehead atoms. The fourth-order valence-corrected chi connectivity index (χ4v) is 3.02. The van der Waals surface area contributed by atoms with E-state index >= 15 is 0 Å². The lowest BCUT2D eigenvalue weighted by molar-refractivity contribution is -0.140. The zero-order valence-corrected chi connectivity index (χ0v) is 15.9. The van der Waals surface area contributed by atoms with Gasteiger partial charge in [-0.1, -0.05) is 19.0 Å². The molecule has 1 aliphatic rings. The minimum absolute atomic E-state index is 0.0467. The van der Waals surface area contributed by atoms with Gasteiger partial charge in [-0.3, -0.25) is 9.78 Å². The first-order valence-electron chi connectivity index (χ1n) is 9.37. The topological polar surface area (TPSA) is 81.4 Å². The van der Waals surface area contributed by atoms with Crippen LogP contribution in [0.3, 0.4) is 0 Å². The van der Waals surface area contributed by atoms with Gasteiger partial charge in [-0.05, 0) is 42.3 Å². The largest absolute Gasteiger partial charge is 0.487 e. The molecule has 0 unspecified atom stereocenters. The van der Waals surface area contributed by atoms with Crippen molar-refractivity contribution in [2.24, 2.45) is 5.92 Å². The average Bonchev–Trinajstić information content (AvgIpc) is 3.15. The highest BCUT2D eigenvalue weighted by Gasteiger charge is 2.32. The Kier molecular flexibility index (Phi) is 5.06. The Morgan fingerprint density at radius 3 is 2.54 bits per heavy atom. The van der Waals surface area contributed by atoms with E-state index in [0.717, 1.165) is 16.9 Å². The number of carbonyl (C=O) groups excluding carboxylic acids is 1. The molecule has 7 heteroatoms. The van der Waals surface area contributed by atoms with Crippen molar-refractivity contribution in [3.05, 3.63) is 48.8 Å². The molecule has 0 spiro atoms. The number of benzene rings is 1. The first kappa shape index (κ1) is 18.2. The predicted octanol–water partition coefficient (Wildman–Crippen LogP) is 3.43. The van der Waals surface area contributed by atoms with Crippen LogP contribution >= 0.6 is 0 Å². The van der Waals surface area contributed by atoms with Crippen LogP contribution in [0.4, 0.5) is 0 Å². The highest BCUT2D eigenvalue weighted by molar-refractivity contribution is 5.77. The monoisotopic (exact) mass is 378 g/mol. The molecule has 3 heterocycles. The summed E-state index contributed by atoms with van der Waals surface area (Å²) in [6.07, 6.45) is 4.01. The number of nitrogens with zero attached hydrogens (tertiary/aromatic N) is 4. The Labute approximate surface area is 163 Å². The van der Waals surface area contributed by atoms with E-state index in [2.05, 4.69) is 29.0 Å². The molecule has 2 aromatic heterocycles. The average molecular weight is 378 g/mol. The van der Waals surface area contributed by atoms with Crippen molar-refractivity contribution in [3.8, 4) is 28.6 Å². The second kappa shape index (κ2) is 7.80. The summed E-state index contributed by atoms with van der Waals surface area (Å²) < 4.78 is 11.3. The maximum atomic E-state index is 12.0. The SMILES string of the molecule is CC(C)CC(=O)N1CC(Oc2ccc(-c3noc(-c4ccncc4)n3)cc2)C1. The van der Waals surface area contributed by atoms with Crippen LogP contribution in [-0.4, -0.2) is 45.1 Å². The lowest BCUT2D eigenvalue weighted by atomic mass is 10.1. The van der Waals surface area contributed by atoms with Crippen LogP contribution in [0.25, 0.3) is 22.8 Å². The summed E-state index contributed by atoms with van der Waals surface area (Å²) in [5.41, 5.74) is 1.68. The molecule has 1 aromatic carbocycles. The number of amides is 1. The Morgan fingerprint density at radius 1 is 1.14 bits per heavy atom. The number of ether oxygens (including phenoxy) is 1. The van der Waals surface area contributed by atoms with Crippen molar-refractivity contribution in [1.29, 1.82) is 0 Å². The van der Waals surface area contributed by atoms with Crippen molar-refractivity contribution in [2.75, 3.05) is 13.1 Å². The van der Waals surface area contributed by atoms with E-state index in [1.807, 2.05) is 41.3 Å². The smallest absolute Gasteiger partial charge is 0.258 e. The quantitative estimate of drug-likeness (QED) is 0.654. The van der Waals surface area contributed by atoms with Gasteiger partial charge >= 0.3 is 0 Å². The van der Waals surface area contributed by atoms with Crippen LogP contribution < -0.4 is 4.74 Å². The third-order valence-corrected chi connectivity index (χ3v) is 4.55. The third-order valence-electron chi connectivity index (χ3n) is 4.55. The van der Waals surface area contributed by atoms with E-state index in [1.165, 1.54) is 0 Å². The minimum Gasteiger partial charge on any atom is -0.487 e. The van der Waals surface area contributed by atoms with Gasteiger partial charge in [0.05, 0.1) is 13.1 Å². The van der Waals surface area contributed by atoms with E-state index in [-0.39, 0.29) is 12.0 Å². The van der Waals surface area contributed by atoms with Crippen molar-refractivity contribution >= 4 is 5.91 Å². The molecule has 0 aliphatic carbocycles. The molecule has 144 valence electrons. The van der Waals surface area contributed by atoms with Gasteiger partial charge in [0.15, 0.2) is 0 Å². The predicted molar refractivity (Wildman–Crippen MR) is 103 cm³/mol. The molecule has 1 saturated heterocycles. The molecular formula is C21H22N4O3. The van der Waals surface area contributed by atoms with Crippen LogP contribution in [0.15, 0.2) is 53.3 Å². The summed E-state index contributed by atoms with van der Waals surface area (Å²) in [6, 6.07) is 11.2. The molecule has 28 heavy (non-hydrogen) atoms. The Hall–Kier alpha value is -3.22. The number of hydrogen-bond acceptors (Lipinski definition) is 6. The van der Waals surface area contributed by atoms with Gasteiger partial charge in [0.25, 0.3) is 5.89 Å². The maximum absolute atomic E-state index is 12.0. The lowest BCUT2D eigenvalue weighted by Crippen LogP contribution is -2.56. The van der Waals surface area contributed by atoms with E-state index < -0.39 is 0 Å². The number of aromatic nitrogens is 3. The van der Waals surface area contributed by atoms with Crippen LogP contribution in [0.1, 0.15) is 20.3 Å². The summed E-state index contributed by atoms with van der Waals surface area (Å²) in [7, 11) is 0. The van der Waals surface area contributed by atoms with Gasteiger partial charge in [0.1, 0.15) is 11.9 Å². The fourth-order valence-electron chi connectivity index (χ4n) is 3.02. The fraction of sp³-hybridized carbons (Fsp3) is 0.333. The zero-order chi connectivity index (χ0) is 19.5. The Balaban J connectivity index is 1.34. The molecule has 1 aliphatic heterocycles. The second-order valence-corrected chi connectivity index (χ2v) is 7.32. The number of rotatable bonds is 6. The first-order valence-corrected chi connectivity index (χ1v) is 9.37. The van der Waals surface area contributed by atoms with Crippen LogP contribution in [0.2, 0.25) is 0 Å². The third kappa shape index (κ3) is 4.03. The summed E-state index contributed by atoms with van der Waals surface area (Å²) >= 11 is 0. The zero-order valence-electron chi connectivity index (χ0n) is 15.9. The summed E-state index contributed by atoms with van der Waals surface area (Å²) in [5, 5.41) is 4.04. The van der Waals surface area contributed by atoms with Gasteiger partial charge < -0.3 is 14.2 Å². The maximum Gasteiger partial charge on any atom is 0.258 e. The highest BCUT2D eigenvalue weighted by atomic mass is 16.5. The number of pyridine rings is 1. The van der Waals surface area contributed by atoms with Gasteiger partial charge in [0, 0.05) is 29.9 Å². The highest BCUT2D eigenvalue weighted by Crippen LogP contribution is 2.25. The molecule has 4 rings (SSSR count). The molecule has 1 amide bonds. The van der Waals surface area contributed by atoms with E-state index in [0.29, 0.717) is 37.1 Å². The Bertz CT molecular complexity index is 932. The normalized spacial score (nSPS) is 14.2. The van der Waals surface area contributed by atoms with Crippen molar-refractivity contribution in [2.45, 2.75) is 26.4 Å². The van der Waals surface area contributed by atoms with Crippen LogP contribution in [0, 0.1) is 5.92 Å². The van der Waals surface area contributed by atoms with Crippen LogP contribution in [0.5, 0.6) is 5.75 Å². The molecule has 1 fully saturated rings. The molecular weight excluding hydrogens is 356 g/mol. The minimum atomic E-state index is 0.0467. The second-order valence-electron chi connectivity index (χ2n) is 7.32. The Morgan fingerprint density at radius 2 is 1.86 bits per heavy atom. The van der Waals surface area contributed by atoms with Gasteiger partial charge in [-0.15, -0.1) is 0 Å². The van der Waals surface area contributed by atoms with Crippen molar-refractivity contribution < 1.29 is 14.1 Å². The number of hydrogen-bond donors (Lipinski definition) is 0. The van der Waals surface area contributed by atoms with E-state index in [9.17, 15) is 4.79 Å².